The van der Waals surface area contributed by atoms with Crippen LogP contribution in [0.15, 0.2) is 46.8 Å². The normalized spacial score (nSPS) is 33.3. The molecule has 0 bridgehead atoms. The van der Waals surface area contributed by atoms with Gasteiger partial charge in [-0.3, -0.25) is 0 Å². The quantitative estimate of drug-likeness (QED) is 0.391. The number of rotatable bonds is 5. The molecular weight excluding hydrogens is 404 g/mol. The molecule has 2 fully saturated rings. The minimum absolute atomic E-state index is 0.0515. The van der Waals surface area contributed by atoms with Gasteiger partial charge in [-0.1, -0.05) is 25.3 Å². The average Bonchev–Trinajstić information content (AvgIpc) is 2.80. The summed E-state index contributed by atoms with van der Waals surface area (Å²) < 4.78 is 63.3. The molecule has 2 unspecified atom stereocenters. The molecule has 4 rings (SSSR count). The highest BCUT2D eigenvalue weighted by atomic mass is 19.2. The second kappa shape index (κ2) is 9.95. The van der Waals surface area contributed by atoms with Crippen LogP contribution in [0.5, 0.6) is 0 Å². The van der Waals surface area contributed by atoms with E-state index < -0.39 is 23.3 Å². The smallest absolute Gasteiger partial charge is 0.196 e. The molecule has 0 spiro atoms. The molecule has 1 nitrogen and oxygen atoms in total. The summed E-state index contributed by atoms with van der Waals surface area (Å²) in [6.07, 6.45) is 13.2. The molecule has 2 atom stereocenters. The van der Waals surface area contributed by atoms with Crippen LogP contribution in [-0.2, 0) is 4.74 Å². The fourth-order valence-electron chi connectivity index (χ4n) is 5.98. The molecule has 2 saturated carbocycles. The second-order valence-corrected chi connectivity index (χ2v) is 9.95. The summed E-state index contributed by atoms with van der Waals surface area (Å²) in [5.74, 6) is -2.77. The van der Waals surface area contributed by atoms with E-state index in [1.165, 1.54) is 6.42 Å². The van der Waals surface area contributed by atoms with Gasteiger partial charge in [0, 0.05) is 11.8 Å². The first-order valence-electron chi connectivity index (χ1n) is 12.1. The van der Waals surface area contributed by atoms with Gasteiger partial charge in [0.15, 0.2) is 17.4 Å². The Balaban J connectivity index is 1.26. The third-order valence-electron chi connectivity index (χ3n) is 8.02. The Bertz CT molecular complexity index is 779. The SMILES string of the molecule is CC1=CCC(C2CCC(COC3=CCC(C4CCCCC4)C(F)=C3F)CC2)C(F)=C1F. The van der Waals surface area contributed by atoms with Crippen LogP contribution in [0.2, 0.25) is 0 Å². The lowest BCUT2D eigenvalue weighted by atomic mass is 9.73. The first-order chi connectivity index (χ1) is 15.0. The van der Waals surface area contributed by atoms with E-state index in [0.29, 0.717) is 25.0 Å². The van der Waals surface area contributed by atoms with Crippen molar-refractivity contribution in [3.8, 4) is 0 Å². The Kier molecular flexibility index (Phi) is 7.28. The van der Waals surface area contributed by atoms with E-state index in [1.807, 2.05) is 0 Å². The van der Waals surface area contributed by atoms with Crippen molar-refractivity contribution < 1.29 is 22.3 Å². The summed E-state index contributed by atoms with van der Waals surface area (Å²) in [6, 6.07) is 0. The van der Waals surface area contributed by atoms with Gasteiger partial charge < -0.3 is 4.74 Å². The van der Waals surface area contributed by atoms with Crippen LogP contribution < -0.4 is 0 Å². The Morgan fingerprint density at radius 3 is 2.00 bits per heavy atom. The summed E-state index contributed by atoms with van der Waals surface area (Å²) in [5, 5.41) is 0. The second-order valence-electron chi connectivity index (χ2n) is 9.95. The number of hydrogen-bond acceptors (Lipinski definition) is 1. The predicted octanol–water partition coefficient (Wildman–Crippen LogP) is 8.56. The van der Waals surface area contributed by atoms with Crippen molar-refractivity contribution in [2.75, 3.05) is 6.61 Å². The topological polar surface area (TPSA) is 9.23 Å². The van der Waals surface area contributed by atoms with E-state index in [2.05, 4.69) is 0 Å². The maximum absolute atomic E-state index is 14.7. The lowest BCUT2D eigenvalue weighted by Crippen LogP contribution is -2.26. The minimum atomic E-state index is -0.817. The lowest BCUT2D eigenvalue weighted by Gasteiger charge is -2.34. The molecule has 0 aromatic carbocycles. The third-order valence-corrected chi connectivity index (χ3v) is 8.02. The molecular formula is C26H34F4O. The summed E-state index contributed by atoms with van der Waals surface area (Å²) in [6.45, 7) is 1.96. The molecule has 0 amide bonds. The summed E-state index contributed by atoms with van der Waals surface area (Å²) in [4.78, 5) is 0. The molecule has 5 heteroatoms. The van der Waals surface area contributed by atoms with Crippen LogP contribution in [0.25, 0.3) is 0 Å². The third kappa shape index (κ3) is 4.96. The van der Waals surface area contributed by atoms with E-state index in [9.17, 15) is 17.6 Å². The van der Waals surface area contributed by atoms with Gasteiger partial charge >= 0.3 is 0 Å². The maximum atomic E-state index is 14.7. The zero-order valence-corrected chi connectivity index (χ0v) is 18.4. The van der Waals surface area contributed by atoms with Crippen molar-refractivity contribution in [2.24, 2.45) is 29.6 Å². The van der Waals surface area contributed by atoms with Crippen molar-refractivity contribution in [3.63, 3.8) is 0 Å². The zero-order chi connectivity index (χ0) is 22.0. The fraction of sp³-hybridized carbons (Fsp3) is 0.692. The molecule has 0 heterocycles. The molecule has 4 aliphatic carbocycles. The van der Waals surface area contributed by atoms with Crippen LogP contribution in [0.4, 0.5) is 17.6 Å². The van der Waals surface area contributed by atoms with Gasteiger partial charge in [0.2, 0.25) is 0 Å². The highest BCUT2D eigenvalue weighted by Crippen LogP contribution is 2.44. The van der Waals surface area contributed by atoms with Crippen LogP contribution in [-0.4, -0.2) is 6.61 Å². The van der Waals surface area contributed by atoms with Crippen LogP contribution in [0, 0.1) is 29.6 Å². The average molecular weight is 439 g/mol. The Morgan fingerprint density at radius 1 is 0.742 bits per heavy atom. The van der Waals surface area contributed by atoms with E-state index in [1.54, 1.807) is 19.1 Å². The van der Waals surface area contributed by atoms with Crippen molar-refractivity contribution in [3.05, 3.63) is 46.8 Å². The van der Waals surface area contributed by atoms with Gasteiger partial charge in [-0.25, -0.2) is 17.6 Å². The molecule has 0 aliphatic heterocycles. The fourth-order valence-corrected chi connectivity index (χ4v) is 5.98. The summed E-state index contributed by atoms with van der Waals surface area (Å²) in [5.41, 5.74) is 0.393. The van der Waals surface area contributed by atoms with Gasteiger partial charge in [0.25, 0.3) is 0 Å². The van der Waals surface area contributed by atoms with Crippen molar-refractivity contribution in [1.82, 2.24) is 0 Å². The molecule has 0 radical (unpaired) electrons. The highest BCUT2D eigenvalue weighted by molar-refractivity contribution is 5.31. The van der Waals surface area contributed by atoms with Crippen LogP contribution >= 0.6 is 0 Å². The van der Waals surface area contributed by atoms with E-state index in [-0.39, 0.29) is 35.3 Å². The Hall–Kier alpha value is -1.52. The molecule has 172 valence electrons. The maximum Gasteiger partial charge on any atom is 0.196 e. The largest absolute Gasteiger partial charge is 0.490 e. The highest BCUT2D eigenvalue weighted by Gasteiger charge is 2.35. The van der Waals surface area contributed by atoms with Gasteiger partial charge in [0.1, 0.15) is 11.7 Å². The number of allylic oxidation sites excluding steroid dienone is 7. The van der Waals surface area contributed by atoms with E-state index in [0.717, 1.165) is 51.4 Å². The molecule has 31 heavy (non-hydrogen) atoms. The van der Waals surface area contributed by atoms with Crippen molar-refractivity contribution >= 4 is 0 Å². The predicted molar refractivity (Wildman–Crippen MR) is 115 cm³/mol. The first-order valence-corrected chi connectivity index (χ1v) is 12.1. The minimum Gasteiger partial charge on any atom is -0.490 e. The first kappa shape index (κ1) is 22.7. The molecule has 0 aromatic rings. The number of ether oxygens (including phenoxy) is 1. The zero-order valence-electron chi connectivity index (χ0n) is 18.4. The molecule has 0 saturated heterocycles. The van der Waals surface area contributed by atoms with Gasteiger partial charge in [0.05, 0.1) is 6.61 Å². The van der Waals surface area contributed by atoms with Crippen LogP contribution in [0.3, 0.4) is 0 Å². The molecule has 0 N–H and O–H groups in total. The van der Waals surface area contributed by atoms with E-state index >= 15 is 0 Å². The standard InChI is InChI=1S/C26H34F4O/c1-16-7-12-20(24(28)23(16)27)19-10-8-17(9-11-19)15-31-22-14-13-21(25(29)26(22)30)18-5-3-2-4-6-18/h7,14,17-21H,2-6,8-13,15H2,1H3. The van der Waals surface area contributed by atoms with Gasteiger partial charge in [-0.15, -0.1) is 0 Å². The monoisotopic (exact) mass is 438 g/mol. The summed E-state index contributed by atoms with van der Waals surface area (Å²) in [7, 11) is 0. The van der Waals surface area contributed by atoms with Crippen molar-refractivity contribution in [1.29, 1.82) is 0 Å². The molecule has 4 aliphatic rings. The number of hydrogen-bond donors (Lipinski definition) is 0. The molecule has 0 aromatic heterocycles. The lowest BCUT2D eigenvalue weighted by molar-refractivity contribution is 0.109. The van der Waals surface area contributed by atoms with Crippen molar-refractivity contribution in [2.45, 2.75) is 77.6 Å². The van der Waals surface area contributed by atoms with E-state index in [4.69, 9.17) is 4.74 Å². The van der Waals surface area contributed by atoms with Gasteiger partial charge in [-0.2, -0.15) is 0 Å². The Morgan fingerprint density at radius 2 is 1.32 bits per heavy atom. The number of halogens is 4. The Labute approximate surface area is 183 Å². The van der Waals surface area contributed by atoms with Crippen LogP contribution in [0.1, 0.15) is 77.6 Å². The van der Waals surface area contributed by atoms with Gasteiger partial charge in [-0.05, 0) is 87.7 Å². The summed E-state index contributed by atoms with van der Waals surface area (Å²) >= 11 is 0.